The van der Waals surface area contributed by atoms with Crippen molar-refractivity contribution in [2.45, 2.75) is 12.3 Å². The molecule has 53 valence electrons. The van der Waals surface area contributed by atoms with Crippen LogP contribution in [0.3, 0.4) is 0 Å². The Kier molecular flexibility index (Phi) is 2.13. The molecule has 0 aliphatic carbocycles. The molecule has 1 unspecified atom stereocenters. The van der Waals surface area contributed by atoms with Crippen molar-refractivity contribution in [3.8, 4) is 0 Å². The number of carbonyl (C=O) groups excluding carboxylic acids is 1. The lowest BCUT2D eigenvalue weighted by molar-refractivity contribution is -0.224. The Morgan fingerprint density at radius 2 is 1.67 bits per heavy atom. The summed E-state index contributed by atoms with van der Waals surface area (Å²) in [5.41, 5.74) is 0. The van der Waals surface area contributed by atoms with Crippen LogP contribution in [0.5, 0.6) is 0 Å². The van der Waals surface area contributed by atoms with E-state index >= 15 is 0 Å². The molecule has 0 aliphatic rings. The van der Waals surface area contributed by atoms with Crippen LogP contribution in [0, 0.1) is 0 Å². The van der Waals surface area contributed by atoms with Crippen LogP contribution in [-0.4, -0.2) is 18.3 Å². The fourth-order valence-corrected chi connectivity index (χ4v) is 0.129. The summed E-state index contributed by atoms with van der Waals surface area (Å²) < 4.78 is 43.7. The smallest absolute Gasteiger partial charge is 0.258 e. The molecule has 0 rings (SSSR count). The van der Waals surface area contributed by atoms with Crippen molar-refractivity contribution in [1.29, 1.82) is 0 Å². The molecule has 1 radical (unpaired) electrons. The molecule has 0 aromatic carbocycles. The van der Waals surface area contributed by atoms with Gasteiger partial charge in [-0.15, -0.1) is 0 Å². The van der Waals surface area contributed by atoms with E-state index in [0.717, 1.165) is 0 Å². The second-order valence-corrected chi connectivity index (χ2v) is 1.23. The Balaban J connectivity index is 4.04. The fraction of sp³-hybridized carbons (Fsp3) is 0.667. The molecule has 2 nitrogen and oxygen atoms in total. The number of rotatable bonds is 1. The molecular weight excluding hydrogens is 144 g/mol. The Morgan fingerprint density at radius 1 is 1.33 bits per heavy atom. The minimum atomic E-state index is -5.30. The van der Waals surface area contributed by atoms with Gasteiger partial charge >= 0.3 is 12.2 Å². The van der Waals surface area contributed by atoms with Crippen LogP contribution in [0.2, 0.25) is 0 Å². The van der Waals surface area contributed by atoms with Crippen molar-refractivity contribution in [2.24, 2.45) is 0 Å². The molecule has 0 saturated carbocycles. The average Bonchev–Trinajstić information content (AvgIpc) is 1.62. The summed E-state index contributed by atoms with van der Waals surface area (Å²) in [4.78, 5) is 9.09. The van der Waals surface area contributed by atoms with Gasteiger partial charge in [0.25, 0.3) is 6.10 Å². The SMILES string of the molecule is [O]C(C(=O)F)C(F)(F)F. The van der Waals surface area contributed by atoms with Gasteiger partial charge in [-0.2, -0.15) is 17.6 Å². The molecule has 6 heteroatoms. The maximum atomic E-state index is 10.9. The first-order valence-corrected chi connectivity index (χ1v) is 1.77. The zero-order valence-corrected chi connectivity index (χ0v) is 3.91. The highest BCUT2D eigenvalue weighted by molar-refractivity contribution is 5.73. The number of hydrogen-bond donors (Lipinski definition) is 0. The van der Waals surface area contributed by atoms with Crippen LogP contribution in [0.4, 0.5) is 17.6 Å². The van der Waals surface area contributed by atoms with E-state index in [1.54, 1.807) is 0 Å². The maximum absolute atomic E-state index is 10.9. The van der Waals surface area contributed by atoms with Gasteiger partial charge in [-0.05, 0) is 0 Å². The van der Waals surface area contributed by atoms with E-state index in [1.165, 1.54) is 0 Å². The van der Waals surface area contributed by atoms with Crippen LogP contribution < -0.4 is 0 Å². The van der Waals surface area contributed by atoms with E-state index in [2.05, 4.69) is 0 Å². The Morgan fingerprint density at radius 3 is 1.67 bits per heavy atom. The molecule has 0 aromatic rings. The minimum absolute atomic E-state index is 2.90. The highest BCUT2D eigenvalue weighted by atomic mass is 19.4. The molecule has 0 amide bonds. The standard InChI is InChI=1S/C3HF4O2/c4-2(9)1(8)3(5,6)7/h1H. The summed E-state index contributed by atoms with van der Waals surface area (Å²) in [6.07, 6.45) is -9.04. The van der Waals surface area contributed by atoms with Gasteiger partial charge in [-0.1, -0.05) is 0 Å². The molecule has 0 saturated heterocycles. The second kappa shape index (κ2) is 2.30. The van der Waals surface area contributed by atoms with Gasteiger partial charge in [0.15, 0.2) is 0 Å². The van der Waals surface area contributed by atoms with Gasteiger partial charge in [0.05, 0.1) is 0 Å². The summed E-state index contributed by atoms with van der Waals surface area (Å²) in [7, 11) is 0. The molecule has 0 fully saturated rings. The lowest BCUT2D eigenvalue weighted by Gasteiger charge is -2.04. The van der Waals surface area contributed by atoms with Gasteiger partial charge in [-0.25, -0.2) is 5.11 Å². The van der Waals surface area contributed by atoms with Gasteiger partial charge in [0.1, 0.15) is 0 Å². The monoisotopic (exact) mass is 145 g/mol. The van der Waals surface area contributed by atoms with Crippen LogP contribution in [0.15, 0.2) is 0 Å². The highest BCUT2D eigenvalue weighted by Gasteiger charge is 2.45. The third kappa shape index (κ3) is 2.41. The number of alkyl halides is 3. The molecule has 0 aliphatic heterocycles. The van der Waals surface area contributed by atoms with Crippen molar-refractivity contribution in [3.63, 3.8) is 0 Å². The predicted molar refractivity (Wildman–Crippen MR) is 16.6 cm³/mol. The van der Waals surface area contributed by atoms with Crippen LogP contribution in [-0.2, 0) is 9.90 Å². The first-order valence-electron chi connectivity index (χ1n) is 1.77. The Labute approximate surface area is 47.1 Å². The van der Waals surface area contributed by atoms with Crippen LogP contribution >= 0.6 is 0 Å². The van der Waals surface area contributed by atoms with Crippen molar-refractivity contribution >= 4 is 6.04 Å². The minimum Gasteiger partial charge on any atom is -0.258 e. The predicted octanol–water partition coefficient (Wildman–Crippen LogP) is 0.844. The summed E-state index contributed by atoms with van der Waals surface area (Å²) in [6, 6.07) is -2.90. The molecule has 0 N–H and O–H groups in total. The summed E-state index contributed by atoms with van der Waals surface area (Å²) in [5, 5.41) is 9.40. The van der Waals surface area contributed by atoms with Crippen molar-refractivity contribution in [2.75, 3.05) is 0 Å². The third-order valence-corrected chi connectivity index (χ3v) is 0.503. The summed E-state index contributed by atoms with van der Waals surface area (Å²) in [6.45, 7) is 0. The van der Waals surface area contributed by atoms with Gasteiger partial charge in [0.2, 0.25) is 0 Å². The molecule has 9 heavy (non-hydrogen) atoms. The lowest BCUT2D eigenvalue weighted by Crippen LogP contribution is -2.32. The number of halogens is 4. The number of carbonyl (C=O) groups is 1. The van der Waals surface area contributed by atoms with E-state index in [0.29, 0.717) is 0 Å². The molecule has 0 heterocycles. The molecule has 0 aromatic heterocycles. The lowest BCUT2D eigenvalue weighted by atomic mass is 10.4. The first kappa shape index (κ1) is 8.35. The average molecular weight is 145 g/mol. The molecule has 0 spiro atoms. The third-order valence-electron chi connectivity index (χ3n) is 0.503. The molecule has 0 bridgehead atoms. The first-order chi connectivity index (χ1) is 3.85. The Bertz CT molecular complexity index is 117. The zero-order valence-electron chi connectivity index (χ0n) is 3.91. The van der Waals surface area contributed by atoms with Gasteiger partial charge in [-0.3, -0.25) is 4.79 Å². The van der Waals surface area contributed by atoms with E-state index in [1.807, 2.05) is 0 Å². The van der Waals surface area contributed by atoms with E-state index < -0.39 is 18.3 Å². The highest BCUT2D eigenvalue weighted by Crippen LogP contribution is 2.20. The van der Waals surface area contributed by atoms with Crippen LogP contribution in [0.25, 0.3) is 0 Å². The fourth-order valence-electron chi connectivity index (χ4n) is 0.129. The van der Waals surface area contributed by atoms with E-state index in [9.17, 15) is 22.7 Å². The summed E-state index contributed by atoms with van der Waals surface area (Å²) in [5.74, 6) is 0. The molecular formula is C3HF4O2. The largest absolute Gasteiger partial charge is 0.427 e. The van der Waals surface area contributed by atoms with E-state index in [-0.39, 0.29) is 0 Å². The summed E-state index contributed by atoms with van der Waals surface area (Å²) >= 11 is 0. The van der Waals surface area contributed by atoms with E-state index in [4.69, 9.17) is 4.79 Å². The topological polar surface area (TPSA) is 37.0 Å². The number of hydrogen-bond acceptors (Lipinski definition) is 1. The second-order valence-electron chi connectivity index (χ2n) is 1.23. The van der Waals surface area contributed by atoms with Crippen LogP contribution in [0.1, 0.15) is 0 Å². The van der Waals surface area contributed by atoms with Gasteiger partial charge in [0, 0.05) is 0 Å². The molecule has 1 atom stereocenters. The van der Waals surface area contributed by atoms with Crippen molar-refractivity contribution in [3.05, 3.63) is 0 Å². The van der Waals surface area contributed by atoms with Crippen molar-refractivity contribution in [1.82, 2.24) is 0 Å². The normalized spacial score (nSPS) is 15.2. The van der Waals surface area contributed by atoms with Gasteiger partial charge < -0.3 is 0 Å². The quantitative estimate of drug-likeness (QED) is 0.398. The van der Waals surface area contributed by atoms with Crippen molar-refractivity contribution < 1.29 is 27.5 Å². The maximum Gasteiger partial charge on any atom is 0.427 e. The Hall–Kier alpha value is -0.650. The zero-order chi connectivity index (χ0) is 7.65.